The van der Waals surface area contributed by atoms with Crippen LogP contribution in [0.25, 0.3) is 0 Å². The van der Waals surface area contributed by atoms with Gasteiger partial charge in [-0.2, -0.15) is 12.7 Å². The molecule has 1 fully saturated rings. The first-order valence-electron chi connectivity index (χ1n) is 11.9. The molecule has 2 aromatic carbocycles. The van der Waals surface area contributed by atoms with Crippen molar-refractivity contribution in [3.8, 4) is 0 Å². The number of hydrogen-bond acceptors (Lipinski definition) is 5. The minimum absolute atomic E-state index is 0.0556. The number of oxime groups is 1. The van der Waals surface area contributed by atoms with E-state index in [1.807, 2.05) is 44.2 Å². The van der Waals surface area contributed by atoms with Crippen molar-refractivity contribution in [1.29, 1.82) is 0 Å². The van der Waals surface area contributed by atoms with E-state index in [-0.39, 0.29) is 11.8 Å². The minimum atomic E-state index is -3.64. The normalized spacial score (nSPS) is 16.7. The Balaban J connectivity index is 1.62. The number of aromatic nitrogens is 1. The lowest BCUT2D eigenvalue weighted by atomic mass is 9.82. The highest BCUT2D eigenvalue weighted by molar-refractivity contribution is 7.86. The minimum Gasteiger partial charge on any atom is -0.411 e. The number of nitrogens with two attached hydrogens (primary N) is 1. The average molecular weight is 527 g/mol. The van der Waals surface area contributed by atoms with E-state index in [2.05, 4.69) is 34.4 Å². The summed E-state index contributed by atoms with van der Waals surface area (Å²) in [5, 5.41) is 19.5. The molecule has 1 aliphatic rings. The van der Waals surface area contributed by atoms with Crippen LogP contribution < -0.4 is 5.14 Å². The Morgan fingerprint density at radius 1 is 1.14 bits per heavy atom. The summed E-state index contributed by atoms with van der Waals surface area (Å²) in [4.78, 5) is 4.25. The summed E-state index contributed by atoms with van der Waals surface area (Å²) in [7, 11) is -3.64. The van der Waals surface area contributed by atoms with Gasteiger partial charge in [-0.1, -0.05) is 47.1 Å². The van der Waals surface area contributed by atoms with Crippen LogP contribution >= 0.6 is 11.6 Å². The summed E-state index contributed by atoms with van der Waals surface area (Å²) in [6, 6.07) is 18.1. The maximum absolute atomic E-state index is 11.6. The van der Waals surface area contributed by atoms with Gasteiger partial charge in [0, 0.05) is 47.9 Å². The first kappa shape index (κ1) is 26.3. The van der Waals surface area contributed by atoms with E-state index in [0.29, 0.717) is 30.2 Å². The molecule has 0 unspecified atom stereocenters. The smallest absolute Gasteiger partial charge is 0.276 e. The number of benzene rings is 2. The number of halogens is 1. The van der Waals surface area contributed by atoms with E-state index in [4.69, 9.17) is 16.7 Å². The lowest BCUT2D eigenvalue weighted by Crippen LogP contribution is -2.41. The molecular weight excluding hydrogens is 496 g/mol. The molecule has 0 bridgehead atoms. The van der Waals surface area contributed by atoms with Crippen LogP contribution in [-0.2, 0) is 10.2 Å². The van der Waals surface area contributed by atoms with Gasteiger partial charge < -0.3 is 5.21 Å². The van der Waals surface area contributed by atoms with Crippen LogP contribution in [0, 0.1) is 13.8 Å². The quantitative estimate of drug-likeness (QED) is 0.252. The zero-order valence-electron chi connectivity index (χ0n) is 20.4. The number of aryl methyl sites for hydroxylation is 2. The number of pyridine rings is 1. The third-order valence-electron chi connectivity index (χ3n) is 6.98. The van der Waals surface area contributed by atoms with Crippen LogP contribution in [-0.4, -0.2) is 41.7 Å². The molecule has 3 N–H and O–H groups in total. The van der Waals surface area contributed by atoms with Crippen molar-refractivity contribution in [2.75, 3.05) is 13.1 Å². The maximum atomic E-state index is 11.6. The summed E-state index contributed by atoms with van der Waals surface area (Å²) in [5.74, 6) is 0.224. The first-order chi connectivity index (χ1) is 17.2. The van der Waals surface area contributed by atoms with Crippen LogP contribution in [0.1, 0.15) is 64.6 Å². The SMILES string of the molecule is Cc1cc(/C(C[C@H](c2ccc(C3CCN(S(N)(=O)=O)CC3)cc2)c2ccc(Cl)cc2C)=N\O)ccn1. The standard InChI is InChI=1S/C27H31ClN4O3S/c1-18-15-24(28)7-8-25(18)26(17-27(31-33)23-9-12-30-19(2)16-23)22-5-3-20(4-6-22)21-10-13-32(14-11-21)36(29,34)35/h3-9,12,15-16,21,26,33H,10-11,13-14,17H2,1-2H3,(H2,29,34,35)/b31-27-/t26-/m1/s1. The lowest BCUT2D eigenvalue weighted by molar-refractivity contribution is 0.317. The second-order valence-corrected chi connectivity index (χ2v) is 11.4. The molecule has 3 aromatic rings. The molecule has 1 atom stereocenters. The monoisotopic (exact) mass is 526 g/mol. The van der Waals surface area contributed by atoms with Crippen molar-refractivity contribution >= 4 is 27.5 Å². The molecule has 0 aliphatic carbocycles. The molecule has 0 spiro atoms. The third kappa shape index (κ3) is 6.13. The van der Waals surface area contributed by atoms with Crippen LogP contribution in [0.2, 0.25) is 5.02 Å². The molecule has 1 aromatic heterocycles. The summed E-state index contributed by atoms with van der Waals surface area (Å²) >= 11 is 6.24. The van der Waals surface area contributed by atoms with Crippen molar-refractivity contribution in [3.63, 3.8) is 0 Å². The van der Waals surface area contributed by atoms with E-state index in [1.54, 1.807) is 6.20 Å². The van der Waals surface area contributed by atoms with Crippen LogP contribution in [0.3, 0.4) is 0 Å². The van der Waals surface area contributed by atoms with Gasteiger partial charge in [-0.3, -0.25) is 4.98 Å². The van der Waals surface area contributed by atoms with Gasteiger partial charge in [-0.05, 0) is 79.1 Å². The average Bonchev–Trinajstić information content (AvgIpc) is 2.85. The number of hydrogen-bond donors (Lipinski definition) is 2. The van der Waals surface area contributed by atoms with Gasteiger partial charge in [0.15, 0.2) is 0 Å². The van der Waals surface area contributed by atoms with Crippen LogP contribution in [0.4, 0.5) is 0 Å². The van der Waals surface area contributed by atoms with Gasteiger partial charge in [-0.25, -0.2) is 5.14 Å². The third-order valence-corrected chi connectivity index (χ3v) is 8.30. The Hall–Kier alpha value is -2.78. The highest BCUT2D eigenvalue weighted by Gasteiger charge is 2.27. The van der Waals surface area contributed by atoms with Crippen molar-refractivity contribution in [2.24, 2.45) is 10.3 Å². The Labute approximate surface area is 217 Å². The second kappa shape index (κ2) is 11.1. The molecule has 190 valence electrons. The second-order valence-electron chi connectivity index (χ2n) is 9.38. The number of rotatable bonds is 7. The largest absolute Gasteiger partial charge is 0.411 e. The summed E-state index contributed by atoms with van der Waals surface area (Å²) in [6.07, 6.45) is 3.68. The molecule has 1 saturated heterocycles. The molecule has 9 heteroatoms. The molecule has 0 amide bonds. The van der Waals surface area contributed by atoms with E-state index in [1.165, 1.54) is 9.87 Å². The molecule has 1 aliphatic heterocycles. The van der Waals surface area contributed by atoms with Crippen molar-refractivity contribution in [3.05, 3.63) is 99.3 Å². The number of nitrogens with zero attached hydrogens (tertiary/aromatic N) is 3. The van der Waals surface area contributed by atoms with Gasteiger partial charge >= 0.3 is 0 Å². The predicted octanol–water partition coefficient (Wildman–Crippen LogP) is 5.14. The van der Waals surface area contributed by atoms with Gasteiger partial charge in [-0.15, -0.1) is 0 Å². The lowest BCUT2D eigenvalue weighted by Gasteiger charge is -2.30. The molecule has 0 radical (unpaired) electrons. The molecule has 4 rings (SSSR count). The zero-order valence-corrected chi connectivity index (χ0v) is 22.0. The molecule has 2 heterocycles. The Morgan fingerprint density at radius 3 is 2.42 bits per heavy atom. The highest BCUT2D eigenvalue weighted by Crippen LogP contribution is 2.35. The summed E-state index contributed by atoms with van der Waals surface area (Å²) in [5.41, 5.74) is 6.72. The zero-order chi connectivity index (χ0) is 25.9. The van der Waals surface area contributed by atoms with Gasteiger partial charge in [0.05, 0.1) is 5.71 Å². The molecule has 0 saturated carbocycles. The van der Waals surface area contributed by atoms with E-state index in [0.717, 1.165) is 40.8 Å². The predicted molar refractivity (Wildman–Crippen MR) is 143 cm³/mol. The van der Waals surface area contributed by atoms with Gasteiger partial charge in [0.2, 0.25) is 0 Å². The molecule has 36 heavy (non-hydrogen) atoms. The van der Waals surface area contributed by atoms with E-state index in [9.17, 15) is 13.6 Å². The number of piperidine rings is 1. The summed E-state index contributed by atoms with van der Waals surface area (Å²) < 4.78 is 24.6. The topological polar surface area (TPSA) is 109 Å². The van der Waals surface area contributed by atoms with Gasteiger partial charge in [0.1, 0.15) is 0 Å². The van der Waals surface area contributed by atoms with Crippen molar-refractivity contribution in [1.82, 2.24) is 9.29 Å². The maximum Gasteiger partial charge on any atom is 0.276 e. The first-order valence-corrected chi connectivity index (χ1v) is 13.8. The molecular formula is C27H31ClN4O3S. The van der Waals surface area contributed by atoms with Crippen molar-refractivity contribution in [2.45, 2.75) is 44.9 Å². The fourth-order valence-electron chi connectivity index (χ4n) is 5.02. The Bertz CT molecular complexity index is 1350. The van der Waals surface area contributed by atoms with E-state index < -0.39 is 10.2 Å². The highest BCUT2D eigenvalue weighted by atomic mass is 35.5. The fraction of sp³-hybridized carbons (Fsp3) is 0.333. The van der Waals surface area contributed by atoms with Gasteiger partial charge in [0.25, 0.3) is 10.2 Å². The van der Waals surface area contributed by atoms with E-state index >= 15 is 0 Å². The fourth-order valence-corrected chi connectivity index (χ4v) is 5.96. The summed E-state index contributed by atoms with van der Waals surface area (Å²) in [6.45, 7) is 4.80. The Kier molecular flexibility index (Phi) is 8.10. The molecule has 7 nitrogen and oxygen atoms in total. The van der Waals surface area contributed by atoms with Crippen LogP contribution in [0.5, 0.6) is 0 Å². The Morgan fingerprint density at radius 2 is 1.83 bits per heavy atom. The van der Waals surface area contributed by atoms with Crippen LogP contribution in [0.15, 0.2) is 65.9 Å². The van der Waals surface area contributed by atoms with Crippen molar-refractivity contribution < 1.29 is 13.6 Å².